The Morgan fingerprint density at radius 2 is 1.56 bits per heavy atom. The minimum absolute atomic E-state index is 0.0436. The number of carboxylic acids is 1. The maximum absolute atomic E-state index is 14.1. The van der Waals surface area contributed by atoms with Gasteiger partial charge in [0.1, 0.15) is 24.8 Å². The van der Waals surface area contributed by atoms with Gasteiger partial charge in [0, 0.05) is 36.5 Å². The van der Waals surface area contributed by atoms with E-state index in [2.05, 4.69) is 0 Å². The molecule has 0 atom stereocenters. The molecule has 0 bridgehead atoms. The number of ether oxygens (including phenoxy) is 2. The van der Waals surface area contributed by atoms with Crippen LogP contribution in [0.4, 0.5) is 9.18 Å². The third-order valence-corrected chi connectivity index (χ3v) is 7.26. The number of hydrogen-bond acceptors (Lipinski definition) is 4. The Balaban J connectivity index is 1.80. The van der Waals surface area contributed by atoms with Crippen molar-refractivity contribution in [1.29, 1.82) is 0 Å². The van der Waals surface area contributed by atoms with Crippen molar-refractivity contribution < 1.29 is 28.6 Å². The number of carbonyl (C=O) groups excluding carboxylic acids is 1. The summed E-state index contributed by atoms with van der Waals surface area (Å²) in [5.41, 5.74) is 4.25. The molecule has 0 saturated heterocycles. The largest absolute Gasteiger partial charge is 0.488 e. The van der Waals surface area contributed by atoms with Crippen LogP contribution in [-0.4, -0.2) is 47.3 Å². The Labute approximate surface area is 249 Å². The molecule has 7 nitrogen and oxygen atoms in total. The predicted octanol–water partition coefficient (Wildman–Crippen LogP) is 7.69. The highest BCUT2D eigenvalue weighted by molar-refractivity contribution is 6.04. The average Bonchev–Trinajstić information content (AvgIpc) is 3.36. The van der Waals surface area contributed by atoms with Gasteiger partial charge in [0.15, 0.2) is 0 Å². The fraction of sp³-hybridized carbons (Fsp3) is 0.200. The highest BCUT2D eigenvalue weighted by atomic mass is 19.1. The Hall–Kier alpha value is -5.11. The van der Waals surface area contributed by atoms with Crippen molar-refractivity contribution in [2.24, 2.45) is 0 Å². The lowest BCUT2D eigenvalue weighted by Crippen LogP contribution is -2.32. The molecule has 4 aromatic carbocycles. The highest BCUT2D eigenvalue weighted by Crippen LogP contribution is 2.46. The molecular weight excluding hydrogens is 547 g/mol. The number of benzene rings is 4. The van der Waals surface area contributed by atoms with Gasteiger partial charge in [-0.1, -0.05) is 62.4 Å². The van der Waals surface area contributed by atoms with Gasteiger partial charge in [-0.15, -0.1) is 0 Å². The molecule has 0 spiro atoms. The molecule has 5 aromatic rings. The van der Waals surface area contributed by atoms with E-state index in [0.717, 1.165) is 33.3 Å². The number of fused-ring (bicyclic) bond motifs is 1. The van der Waals surface area contributed by atoms with Gasteiger partial charge < -0.3 is 24.0 Å². The van der Waals surface area contributed by atoms with Crippen molar-refractivity contribution in [2.75, 3.05) is 20.7 Å². The molecule has 0 radical (unpaired) electrons. The second-order valence-electron chi connectivity index (χ2n) is 11.2. The average molecular weight is 581 g/mol. The molecule has 1 aromatic heterocycles. The van der Waals surface area contributed by atoms with Gasteiger partial charge in [0.25, 0.3) is 0 Å². The molecule has 0 aliphatic heterocycles. The summed E-state index contributed by atoms with van der Waals surface area (Å²) in [5.74, 6) is -0.762. The van der Waals surface area contributed by atoms with E-state index in [1.54, 1.807) is 50.5 Å². The fourth-order valence-corrected chi connectivity index (χ4v) is 5.16. The number of aromatic carboxylic acids is 1. The van der Waals surface area contributed by atoms with E-state index >= 15 is 0 Å². The Morgan fingerprint density at radius 3 is 2.19 bits per heavy atom. The van der Waals surface area contributed by atoms with Gasteiger partial charge in [0.05, 0.1) is 16.5 Å². The van der Waals surface area contributed by atoms with Crippen LogP contribution in [0.3, 0.4) is 0 Å². The maximum atomic E-state index is 14.1. The third kappa shape index (κ3) is 6.09. The number of hydrogen-bond donors (Lipinski definition) is 1. The third-order valence-electron chi connectivity index (χ3n) is 7.26. The first-order valence-electron chi connectivity index (χ1n) is 13.8. The van der Waals surface area contributed by atoms with Crippen LogP contribution in [0.15, 0.2) is 97.1 Å². The van der Waals surface area contributed by atoms with E-state index < -0.39 is 17.5 Å². The molecule has 0 saturated carbocycles. The first kappa shape index (κ1) is 29.4. The second kappa shape index (κ2) is 12.0. The van der Waals surface area contributed by atoms with Crippen molar-refractivity contribution in [3.8, 4) is 22.6 Å². The molecule has 1 amide bonds. The van der Waals surface area contributed by atoms with E-state index in [9.17, 15) is 19.1 Å². The first-order chi connectivity index (χ1) is 20.6. The molecular formula is C35H33FN2O5. The van der Waals surface area contributed by atoms with E-state index in [1.165, 1.54) is 17.0 Å². The number of aromatic nitrogens is 1. The van der Waals surface area contributed by atoms with E-state index in [1.807, 2.05) is 66.9 Å². The van der Waals surface area contributed by atoms with Crippen molar-refractivity contribution in [1.82, 2.24) is 9.47 Å². The number of halogens is 1. The lowest BCUT2D eigenvalue weighted by Gasteiger charge is -2.29. The van der Waals surface area contributed by atoms with Crippen LogP contribution in [-0.2, 0) is 16.8 Å². The quantitative estimate of drug-likeness (QED) is 0.193. The summed E-state index contributed by atoms with van der Waals surface area (Å²) in [7, 11) is 3.24. The van der Waals surface area contributed by atoms with Gasteiger partial charge in [-0.05, 0) is 59.7 Å². The standard InChI is InChI=1S/C35H33FN2O5/c1-35(2,22-43-34(41)37(3)4)32-30(24-13-15-25(16-14-24)33(39)40)31-28(38(32)27-19-17-26(36)18-20-27)11-8-12-29(31)42-21-23-9-6-5-7-10-23/h5-20H,21-22H2,1-4H3,(H,39,40). The van der Waals surface area contributed by atoms with E-state index in [-0.39, 0.29) is 18.0 Å². The zero-order chi connectivity index (χ0) is 30.7. The molecule has 0 fully saturated rings. The Kier molecular flexibility index (Phi) is 8.21. The summed E-state index contributed by atoms with van der Waals surface area (Å²) in [5, 5.41) is 10.4. The van der Waals surface area contributed by atoms with Gasteiger partial charge in [0.2, 0.25) is 0 Å². The summed E-state index contributed by atoms with van der Waals surface area (Å²) >= 11 is 0. The van der Waals surface area contributed by atoms with Crippen LogP contribution in [0.25, 0.3) is 27.7 Å². The summed E-state index contributed by atoms with van der Waals surface area (Å²) in [6.45, 7) is 4.33. The van der Waals surface area contributed by atoms with Crippen LogP contribution >= 0.6 is 0 Å². The molecule has 5 rings (SSSR count). The van der Waals surface area contributed by atoms with Crippen molar-refractivity contribution >= 4 is 23.0 Å². The minimum atomic E-state index is -1.02. The van der Waals surface area contributed by atoms with Crippen molar-refractivity contribution in [2.45, 2.75) is 25.9 Å². The molecule has 8 heteroatoms. The Bertz CT molecular complexity index is 1760. The van der Waals surface area contributed by atoms with Crippen LogP contribution < -0.4 is 4.74 Å². The van der Waals surface area contributed by atoms with Gasteiger partial charge in [-0.25, -0.2) is 14.0 Å². The van der Waals surface area contributed by atoms with Crippen LogP contribution in [0, 0.1) is 5.82 Å². The van der Waals surface area contributed by atoms with Crippen LogP contribution in [0.2, 0.25) is 0 Å². The topological polar surface area (TPSA) is 81.0 Å². The summed E-state index contributed by atoms with van der Waals surface area (Å²) in [6.07, 6.45) is -0.475. The predicted molar refractivity (Wildman–Crippen MR) is 164 cm³/mol. The number of carbonyl (C=O) groups is 2. The maximum Gasteiger partial charge on any atom is 0.409 e. The second-order valence-corrected chi connectivity index (χ2v) is 11.2. The van der Waals surface area contributed by atoms with Crippen molar-refractivity contribution in [3.05, 3.63) is 120 Å². The molecule has 1 heterocycles. The van der Waals surface area contributed by atoms with Gasteiger partial charge in [-0.2, -0.15) is 0 Å². The normalized spacial score (nSPS) is 11.4. The van der Waals surface area contributed by atoms with Gasteiger partial charge in [-0.3, -0.25) is 0 Å². The number of carboxylic acid groups (broad SMARTS) is 1. The number of amides is 1. The lowest BCUT2D eigenvalue weighted by molar-refractivity contribution is 0.0696. The SMILES string of the molecule is CN(C)C(=O)OCC(C)(C)c1c(-c2ccc(C(=O)O)cc2)c2c(OCc3ccccc3)cccc2n1-c1ccc(F)cc1. The van der Waals surface area contributed by atoms with Gasteiger partial charge >= 0.3 is 12.1 Å². The Morgan fingerprint density at radius 1 is 0.884 bits per heavy atom. The molecule has 220 valence electrons. The summed E-state index contributed by atoms with van der Waals surface area (Å²) in [4.78, 5) is 25.5. The van der Waals surface area contributed by atoms with Crippen LogP contribution in [0.5, 0.6) is 5.75 Å². The zero-order valence-electron chi connectivity index (χ0n) is 24.5. The smallest absolute Gasteiger partial charge is 0.409 e. The lowest BCUT2D eigenvalue weighted by atomic mass is 9.84. The van der Waals surface area contributed by atoms with Crippen LogP contribution in [0.1, 0.15) is 35.5 Å². The summed E-state index contributed by atoms with van der Waals surface area (Å²) in [6, 6.07) is 28.5. The minimum Gasteiger partial charge on any atom is -0.488 e. The molecule has 0 unspecified atom stereocenters. The molecule has 0 aliphatic carbocycles. The molecule has 43 heavy (non-hydrogen) atoms. The zero-order valence-corrected chi connectivity index (χ0v) is 24.5. The monoisotopic (exact) mass is 580 g/mol. The summed E-state index contributed by atoms with van der Waals surface area (Å²) < 4.78 is 28.3. The number of nitrogens with zero attached hydrogens (tertiary/aromatic N) is 2. The molecule has 1 N–H and O–H groups in total. The first-order valence-corrected chi connectivity index (χ1v) is 13.8. The fourth-order valence-electron chi connectivity index (χ4n) is 5.16. The molecule has 0 aliphatic rings. The van der Waals surface area contributed by atoms with E-state index in [4.69, 9.17) is 9.47 Å². The number of rotatable bonds is 9. The highest BCUT2D eigenvalue weighted by Gasteiger charge is 2.34. The van der Waals surface area contributed by atoms with E-state index in [0.29, 0.717) is 18.0 Å². The van der Waals surface area contributed by atoms with Crippen molar-refractivity contribution in [3.63, 3.8) is 0 Å².